The van der Waals surface area contributed by atoms with Crippen molar-refractivity contribution in [3.05, 3.63) is 83.9 Å². The highest BCUT2D eigenvalue weighted by molar-refractivity contribution is 7.93. The largest absolute Gasteiger partial charge is 0.268 e. The molecule has 148 valence electrons. The molecule has 4 rings (SSSR count). The summed E-state index contributed by atoms with van der Waals surface area (Å²) in [5, 5.41) is 6.57. The van der Waals surface area contributed by atoms with Crippen LogP contribution in [0.3, 0.4) is 0 Å². The number of sulfonamides is 1. The third kappa shape index (κ3) is 3.59. The number of aromatic nitrogens is 2. The van der Waals surface area contributed by atoms with Crippen molar-refractivity contribution in [2.24, 2.45) is 0 Å². The number of thiophene rings is 1. The monoisotopic (exact) mass is 423 g/mol. The van der Waals surface area contributed by atoms with Gasteiger partial charge in [0, 0.05) is 6.54 Å². The Morgan fingerprint density at radius 2 is 1.72 bits per heavy atom. The van der Waals surface area contributed by atoms with Gasteiger partial charge >= 0.3 is 0 Å². The number of hydrogen-bond acceptors (Lipinski definition) is 4. The maximum Gasteiger partial charge on any atom is 0.268 e. The van der Waals surface area contributed by atoms with E-state index in [9.17, 15) is 8.42 Å². The Kier molecular flexibility index (Phi) is 5.25. The molecule has 0 unspecified atom stereocenters. The first-order valence-corrected chi connectivity index (χ1v) is 11.6. The fraction of sp³-hybridized carbons (Fsp3) is 0.136. The van der Waals surface area contributed by atoms with Crippen LogP contribution in [0.2, 0.25) is 0 Å². The Hall–Kier alpha value is -2.90. The van der Waals surface area contributed by atoms with Gasteiger partial charge in [-0.2, -0.15) is 5.10 Å². The summed E-state index contributed by atoms with van der Waals surface area (Å²) in [6.07, 6.45) is 1.61. The van der Waals surface area contributed by atoms with Gasteiger partial charge in [0.05, 0.1) is 22.4 Å². The highest BCUT2D eigenvalue weighted by atomic mass is 32.2. The lowest BCUT2D eigenvalue weighted by Crippen LogP contribution is -2.31. The summed E-state index contributed by atoms with van der Waals surface area (Å²) in [5.74, 6) is 0. The second kappa shape index (κ2) is 7.85. The number of nitrogens with zero attached hydrogens (tertiary/aromatic N) is 3. The SMILES string of the molecule is CCN(c1ccccc1C)S(=O)(=O)c1cn(-c2ccccc2)nc1-c1cccs1. The predicted octanol–water partition coefficient (Wildman–Crippen LogP) is 5.12. The average Bonchev–Trinajstić information content (AvgIpc) is 3.40. The molecule has 0 bridgehead atoms. The molecule has 2 heterocycles. The van der Waals surface area contributed by atoms with Crippen molar-refractivity contribution in [3.63, 3.8) is 0 Å². The van der Waals surface area contributed by atoms with Crippen LogP contribution < -0.4 is 4.31 Å². The summed E-state index contributed by atoms with van der Waals surface area (Å²) < 4.78 is 30.6. The summed E-state index contributed by atoms with van der Waals surface area (Å²) in [4.78, 5) is 1.02. The topological polar surface area (TPSA) is 55.2 Å². The Labute approximate surface area is 174 Å². The predicted molar refractivity (Wildman–Crippen MR) is 118 cm³/mol. The number of benzene rings is 2. The van der Waals surface area contributed by atoms with E-state index in [-0.39, 0.29) is 4.90 Å². The number of aryl methyl sites for hydroxylation is 1. The molecule has 2 aromatic carbocycles. The first kappa shape index (κ1) is 19.4. The molecule has 0 aliphatic carbocycles. The summed E-state index contributed by atoms with van der Waals surface area (Å²) in [5.41, 5.74) is 2.87. The Morgan fingerprint density at radius 1 is 1.00 bits per heavy atom. The van der Waals surface area contributed by atoms with E-state index in [1.165, 1.54) is 15.6 Å². The van der Waals surface area contributed by atoms with Crippen molar-refractivity contribution in [1.82, 2.24) is 9.78 Å². The van der Waals surface area contributed by atoms with Gasteiger partial charge in [0.15, 0.2) is 0 Å². The van der Waals surface area contributed by atoms with Crippen molar-refractivity contribution in [2.75, 3.05) is 10.8 Å². The molecular formula is C22H21N3O2S2. The average molecular weight is 424 g/mol. The van der Waals surface area contributed by atoms with Crippen molar-refractivity contribution in [3.8, 4) is 16.3 Å². The molecule has 0 radical (unpaired) electrons. The fourth-order valence-corrected chi connectivity index (χ4v) is 5.73. The molecule has 0 atom stereocenters. The van der Waals surface area contributed by atoms with Crippen LogP contribution in [-0.4, -0.2) is 24.7 Å². The highest BCUT2D eigenvalue weighted by Gasteiger charge is 2.31. The van der Waals surface area contributed by atoms with E-state index >= 15 is 0 Å². The summed E-state index contributed by atoms with van der Waals surface area (Å²) in [7, 11) is -3.81. The Balaban J connectivity index is 1.90. The molecule has 0 N–H and O–H groups in total. The summed E-state index contributed by atoms with van der Waals surface area (Å²) in [6.45, 7) is 4.09. The third-order valence-electron chi connectivity index (χ3n) is 4.70. The number of rotatable bonds is 6. The molecule has 0 aliphatic heterocycles. The molecule has 0 aliphatic rings. The molecule has 0 saturated heterocycles. The van der Waals surface area contributed by atoms with E-state index in [4.69, 9.17) is 0 Å². The van der Waals surface area contributed by atoms with Gasteiger partial charge in [0.2, 0.25) is 0 Å². The number of anilines is 1. The summed E-state index contributed by atoms with van der Waals surface area (Å²) in [6, 6.07) is 20.8. The van der Waals surface area contributed by atoms with Gasteiger partial charge in [-0.15, -0.1) is 11.3 Å². The standard InChI is InChI=1S/C22H21N3O2S2/c1-3-25(19-13-8-7-10-17(19)2)29(26,27)21-16-24(18-11-5-4-6-12-18)23-22(21)20-14-9-15-28-20/h4-16H,3H2,1-2H3. The van der Waals surface area contributed by atoms with E-state index < -0.39 is 10.0 Å². The van der Waals surface area contributed by atoms with Gasteiger partial charge in [-0.05, 0) is 49.1 Å². The van der Waals surface area contributed by atoms with Crippen molar-refractivity contribution < 1.29 is 8.42 Å². The third-order valence-corrected chi connectivity index (χ3v) is 7.46. The molecule has 7 heteroatoms. The van der Waals surface area contributed by atoms with Gasteiger partial charge in [0.25, 0.3) is 10.0 Å². The van der Waals surface area contributed by atoms with Gasteiger partial charge < -0.3 is 0 Å². The molecule has 0 amide bonds. The zero-order valence-corrected chi connectivity index (χ0v) is 17.8. The highest BCUT2D eigenvalue weighted by Crippen LogP contribution is 2.34. The minimum Gasteiger partial charge on any atom is -0.266 e. The van der Waals surface area contributed by atoms with Gasteiger partial charge in [-0.25, -0.2) is 13.1 Å². The first-order chi connectivity index (χ1) is 14.0. The molecule has 5 nitrogen and oxygen atoms in total. The van der Waals surface area contributed by atoms with E-state index in [2.05, 4.69) is 5.10 Å². The zero-order valence-electron chi connectivity index (χ0n) is 16.2. The number of para-hydroxylation sites is 2. The molecule has 0 spiro atoms. The molecule has 0 fully saturated rings. The van der Waals surface area contributed by atoms with Crippen LogP contribution in [0.4, 0.5) is 5.69 Å². The van der Waals surface area contributed by atoms with Crippen LogP contribution in [0, 0.1) is 6.92 Å². The van der Waals surface area contributed by atoms with Gasteiger partial charge in [-0.3, -0.25) is 4.31 Å². The minimum atomic E-state index is -3.81. The van der Waals surface area contributed by atoms with Crippen LogP contribution in [0.25, 0.3) is 16.3 Å². The maximum atomic E-state index is 13.8. The molecule has 2 aromatic heterocycles. The lowest BCUT2D eigenvalue weighted by molar-refractivity contribution is 0.592. The van der Waals surface area contributed by atoms with Gasteiger partial charge in [-0.1, -0.05) is 42.5 Å². The Morgan fingerprint density at radius 3 is 2.38 bits per heavy atom. The van der Waals surface area contributed by atoms with Crippen molar-refractivity contribution >= 4 is 27.0 Å². The van der Waals surface area contributed by atoms with E-state index in [1.54, 1.807) is 10.9 Å². The van der Waals surface area contributed by atoms with Crippen molar-refractivity contribution in [1.29, 1.82) is 0 Å². The van der Waals surface area contributed by atoms with E-state index in [1.807, 2.05) is 86.0 Å². The van der Waals surface area contributed by atoms with E-state index in [0.717, 1.165) is 16.1 Å². The van der Waals surface area contributed by atoms with Gasteiger partial charge in [0.1, 0.15) is 10.6 Å². The first-order valence-electron chi connectivity index (χ1n) is 9.29. The van der Waals surface area contributed by atoms with Crippen LogP contribution in [-0.2, 0) is 10.0 Å². The molecular weight excluding hydrogens is 402 g/mol. The molecule has 29 heavy (non-hydrogen) atoms. The Bertz CT molecular complexity index is 1210. The number of hydrogen-bond donors (Lipinski definition) is 0. The zero-order chi connectivity index (χ0) is 20.4. The maximum absolute atomic E-state index is 13.8. The minimum absolute atomic E-state index is 0.203. The molecule has 0 saturated carbocycles. The fourth-order valence-electron chi connectivity index (χ4n) is 3.28. The normalized spacial score (nSPS) is 11.5. The summed E-state index contributed by atoms with van der Waals surface area (Å²) >= 11 is 1.47. The quantitative estimate of drug-likeness (QED) is 0.432. The van der Waals surface area contributed by atoms with Crippen molar-refractivity contribution in [2.45, 2.75) is 18.7 Å². The van der Waals surface area contributed by atoms with Crippen LogP contribution in [0.1, 0.15) is 12.5 Å². The molecule has 4 aromatic rings. The lowest BCUT2D eigenvalue weighted by Gasteiger charge is -2.24. The van der Waals surface area contributed by atoms with Crippen LogP contribution in [0.5, 0.6) is 0 Å². The smallest absolute Gasteiger partial charge is 0.266 e. The lowest BCUT2D eigenvalue weighted by atomic mass is 10.2. The van der Waals surface area contributed by atoms with E-state index in [0.29, 0.717) is 17.9 Å². The second-order valence-electron chi connectivity index (χ2n) is 6.56. The van der Waals surface area contributed by atoms with Crippen LogP contribution in [0.15, 0.2) is 83.2 Å². The second-order valence-corrected chi connectivity index (χ2v) is 9.33. The van der Waals surface area contributed by atoms with Crippen LogP contribution >= 0.6 is 11.3 Å².